The van der Waals surface area contributed by atoms with E-state index in [1.807, 2.05) is 36.4 Å². The molecular formula is C16H10N2O2. The van der Waals surface area contributed by atoms with Gasteiger partial charge in [-0.15, -0.1) is 0 Å². The van der Waals surface area contributed by atoms with Crippen molar-refractivity contribution in [3.05, 3.63) is 59.8 Å². The Morgan fingerprint density at radius 2 is 1.65 bits per heavy atom. The predicted molar refractivity (Wildman–Crippen MR) is 76.9 cm³/mol. The second-order valence-corrected chi connectivity index (χ2v) is 4.70. The molecule has 1 aliphatic heterocycles. The molecule has 0 unspecified atom stereocenters. The fourth-order valence-electron chi connectivity index (χ4n) is 2.58. The van der Waals surface area contributed by atoms with Crippen LogP contribution in [-0.4, -0.2) is 21.6 Å². The smallest absolute Gasteiger partial charge is 0.215 e. The van der Waals surface area contributed by atoms with Crippen LogP contribution in [0.3, 0.4) is 0 Å². The van der Waals surface area contributed by atoms with Crippen molar-refractivity contribution < 1.29 is 9.90 Å². The number of carbonyl (C=O) groups excluding carboxylic acids is 1. The first-order valence-electron chi connectivity index (χ1n) is 6.28. The minimum atomic E-state index is -0.118. The molecule has 0 atom stereocenters. The molecule has 0 aliphatic carbocycles. The lowest BCUT2D eigenvalue weighted by Gasteiger charge is -1.97. The Kier molecular flexibility index (Phi) is 2.09. The van der Waals surface area contributed by atoms with Crippen LogP contribution >= 0.6 is 0 Å². The van der Waals surface area contributed by atoms with Crippen LogP contribution in [0.15, 0.2) is 53.5 Å². The Hall–Kier alpha value is -2.88. The van der Waals surface area contributed by atoms with Gasteiger partial charge < -0.3 is 10.1 Å². The Labute approximate surface area is 114 Å². The summed E-state index contributed by atoms with van der Waals surface area (Å²) < 4.78 is 0. The van der Waals surface area contributed by atoms with Crippen LogP contribution in [-0.2, 0) is 0 Å². The largest absolute Gasteiger partial charge is 0.494 e. The zero-order chi connectivity index (χ0) is 13.7. The van der Waals surface area contributed by atoms with Gasteiger partial charge >= 0.3 is 0 Å². The first kappa shape index (κ1) is 11.0. The lowest BCUT2D eigenvalue weighted by Crippen LogP contribution is -2.11. The highest BCUT2D eigenvalue weighted by Crippen LogP contribution is 2.33. The summed E-state index contributed by atoms with van der Waals surface area (Å²) in [7, 11) is 0. The SMILES string of the molecule is O=C1C(c2[nH]c(O)c3ccccc23)=Nc2ccccc21. The molecule has 3 aromatic rings. The Balaban J connectivity index is 1.97. The maximum atomic E-state index is 12.4. The zero-order valence-corrected chi connectivity index (χ0v) is 10.4. The van der Waals surface area contributed by atoms with E-state index in [0.717, 1.165) is 5.39 Å². The number of carbonyl (C=O) groups is 1. The van der Waals surface area contributed by atoms with Crippen LogP contribution in [0.2, 0.25) is 0 Å². The maximum Gasteiger partial charge on any atom is 0.215 e. The van der Waals surface area contributed by atoms with E-state index in [1.54, 1.807) is 12.1 Å². The molecule has 0 amide bonds. The molecule has 1 aromatic heterocycles. The number of Topliss-reactive ketones (excluding diaryl/α,β-unsaturated/α-hetero) is 1. The summed E-state index contributed by atoms with van der Waals surface area (Å²) in [5, 5.41) is 11.4. The van der Waals surface area contributed by atoms with Crippen LogP contribution in [0.1, 0.15) is 16.1 Å². The molecule has 4 heteroatoms. The second-order valence-electron chi connectivity index (χ2n) is 4.70. The molecule has 0 spiro atoms. The van der Waals surface area contributed by atoms with E-state index in [4.69, 9.17) is 0 Å². The van der Waals surface area contributed by atoms with Gasteiger partial charge in [0.25, 0.3) is 0 Å². The van der Waals surface area contributed by atoms with E-state index in [9.17, 15) is 9.90 Å². The van der Waals surface area contributed by atoms with Gasteiger partial charge in [-0.2, -0.15) is 0 Å². The van der Waals surface area contributed by atoms with Crippen LogP contribution in [0, 0.1) is 0 Å². The molecule has 0 saturated carbocycles. The highest BCUT2D eigenvalue weighted by atomic mass is 16.3. The summed E-state index contributed by atoms with van der Waals surface area (Å²) in [6, 6.07) is 14.6. The molecule has 2 aromatic carbocycles. The third kappa shape index (κ3) is 1.36. The van der Waals surface area contributed by atoms with E-state index in [2.05, 4.69) is 9.98 Å². The van der Waals surface area contributed by atoms with Gasteiger partial charge in [0.15, 0.2) is 5.88 Å². The van der Waals surface area contributed by atoms with Crippen molar-refractivity contribution in [1.82, 2.24) is 4.98 Å². The van der Waals surface area contributed by atoms with Crippen molar-refractivity contribution in [2.45, 2.75) is 0 Å². The second kappa shape index (κ2) is 3.81. The van der Waals surface area contributed by atoms with E-state index in [0.29, 0.717) is 28.0 Å². The summed E-state index contributed by atoms with van der Waals surface area (Å²) in [5.41, 5.74) is 2.19. The molecule has 0 saturated heterocycles. The predicted octanol–water partition coefficient (Wildman–Crippen LogP) is 3.19. The van der Waals surface area contributed by atoms with Gasteiger partial charge in [0.05, 0.1) is 11.4 Å². The van der Waals surface area contributed by atoms with Crippen molar-refractivity contribution >= 4 is 28.0 Å². The van der Waals surface area contributed by atoms with Gasteiger partial charge in [-0.05, 0) is 18.2 Å². The Morgan fingerprint density at radius 3 is 2.45 bits per heavy atom. The summed E-state index contributed by atoms with van der Waals surface area (Å²) >= 11 is 0. The van der Waals surface area contributed by atoms with Gasteiger partial charge in [-0.25, -0.2) is 4.99 Å². The Bertz CT molecular complexity index is 890. The summed E-state index contributed by atoms with van der Waals surface area (Å²) in [5.74, 6) is -0.0605. The first-order chi connectivity index (χ1) is 9.75. The topological polar surface area (TPSA) is 65.5 Å². The Morgan fingerprint density at radius 1 is 0.950 bits per heavy atom. The number of aromatic nitrogens is 1. The molecule has 20 heavy (non-hydrogen) atoms. The number of ketones is 1. The van der Waals surface area contributed by atoms with Gasteiger partial charge in [0, 0.05) is 16.3 Å². The van der Waals surface area contributed by atoms with Gasteiger partial charge in [0.2, 0.25) is 5.78 Å². The fraction of sp³-hybridized carbons (Fsp3) is 0. The molecule has 96 valence electrons. The number of para-hydroxylation sites is 1. The summed E-state index contributed by atoms with van der Waals surface area (Å²) in [4.78, 5) is 19.7. The average molecular weight is 262 g/mol. The molecule has 0 bridgehead atoms. The van der Waals surface area contributed by atoms with Crippen LogP contribution in [0.5, 0.6) is 5.88 Å². The van der Waals surface area contributed by atoms with Crippen molar-refractivity contribution in [3.8, 4) is 5.88 Å². The van der Waals surface area contributed by atoms with Gasteiger partial charge in [-0.1, -0.05) is 30.3 Å². The number of aromatic amines is 1. The number of benzene rings is 2. The standard InChI is InChI=1S/C16H10N2O2/c19-15-11-7-3-4-8-12(11)17-14(15)13-9-5-1-2-6-10(9)16(20)18-13/h1-8,18,20H. The highest BCUT2D eigenvalue weighted by molar-refractivity contribution is 6.56. The number of rotatable bonds is 1. The molecule has 2 N–H and O–H groups in total. The van der Waals surface area contributed by atoms with Crippen LogP contribution in [0.25, 0.3) is 10.8 Å². The lowest BCUT2D eigenvalue weighted by atomic mass is 10.0. The number of H-pyrrole nitrogens is 1. The van der Waals surface area contributed by atoms with Gasteiger partial charge in [0.1, 0.15) is 5.71 Å². The zero-order valence-electron chi connectivity index (χ0n) is 10.4. The molecule has 1 aliphatic rings. The van der Waals surface area contributed by atoms with Crippen molar-refractivity contribution in [2.24, 2.45) is 4.99 Å². The number of hydrogen-bond acceptors (Lipinski definition) is 3. The summed E-state index contributed by atoms with van der Waals surface area (Å²) in [6.07, 6.45) is 0. The monoisotopic (exact) mass is 262 g/mol. The number of aromatic hydroxyl groups is 1. The minimum absolute atomic E-state index is 0.0575. The molecule has 4 nitrogen and oxygen atoms in total. The van der Waals surface area contributed by atoms with E-state index >= 15 is 0 Å². The van der Waals surface area contributed by atoms with E-state index in [-0.39, 0.29) is 11.7 Å². The quantitative estimate of drug-likeness (QED) is 0.707. The van der Waals surface area contributed by atoms with Gasteiger partial charge in [-0.3, -0.25) is 4.79 Å². The van der Waals surface area contributed by atoms with Crippen molar-refractivity contribution in [2.75, 3.05) is 0 Å². The minimum Gasteiger partial charge on any atom is -0.494 e. The van der Waals surface area contributed by atoms with E-state index in [1.165, 1.54) is 0 Å². The number of nitrogens with one attached hydrogen (secondary N) is 1. The number of aliphatic imine (C=N–C) groups is 1. The van der Waals surface area contributed by atoms with Crippen molar-refractivity contribution in [1.29, 1.82) is 0 Å². The molecule has 0 radical (unpaired) electrons. The van der Waals surface area contributed by atoms with Crippen LogP contribution < -0.4 is 0 Å². The molecule has 4 rings (SSSR count). The lowest BCUT2D eigenvalue weighted by molar-refractivity contribution is 0.107. The first-order valence-corrected chi connectivity index (χ1v) is 6.28. The molecule has 0 fully saturated rings. The third-order valence-corrected chi connectivity index (χ3v) is 3.53. The van der Waals surface area contributed by atoms with Crippen LogP contribution in [0.4, 0.5) is 5.69 Å². The number of fused-ring (bicyclic) bond motifs is 2. The normalized spacial score (nSPS) is 13.6. The molecular weight excluding hydrogens is 252 g/mol. The summed E-state index contributed by atoms with van der Waals surface area (Å²) in [6.45, 7) is 0. The maximum absolute atomic E-state index is 12.4. The van der Waals surface area contributed by atoms with Crippen molar-refractivity contribution in [3.63, 3.8) is 0 Å². The molecule has 2 heterocycles. The fourth-order valence-corrected chi connectivity index (χ4v) is 2.58. The number of nitrogens with zero attached hydrogens (tertiary/aromatic N) is 1. The third-order valence-electron chi connectivity index (χ3n) is 3.53. The number of hydrogen-bond donors (Lipinski definition) is 2. The highest BCUT2D eigenvalue weighted by Gasteiger charge is 2.28. The van der Waals surface area contributed by atoms with E-state index < -0.39 is 0 Å². The average Bonchev–Trinajstić information content (AvgIpc) is 2.99.